The Bertz CT molecular complexity index is 679. The lowest BCUT2D eigenvalue weighted by molar-refractivity contribution is -0.0459. The monoisotopic (exact) mass is 315 g/mol. The predicted octanol–water partition coefficient (Wildman–Crippen LogP) is -0.545. The second kappa shape index (κ2) is 5.66. The van der Waals surface area contributed by atoms with E-state index in [1.807, 2.05) is 0 Å². The standard InChI is InChI=1S/C10H14N5O5P/c11-8-7-9(13-3-12-8)15(4-14-7)10-6(16)1-5(20-10)2-19-21(17)18/h3-6,10,16,21H,1-2H2,(H,17,18)(H2,11,12,13)/t5-,6+,10+/m0/s1. The molecule has 0 radical (unpaired) electrons. The van der Waals surface area contributed by atoms with Crippen LogP contribution in [0.2, 0.25) is 0 Å². The summed E-state index contributed by atoms with van der Waals surface area (Å²) in [5, 5.41) is 10.1. The Hall–Kier alpha value is -1.58. The van der Waals surface area contributed by atoms with Gasteiger partial charge in [0.1, 0.15) is 17.9 Å². The van der Waals surface area contributed by atoms with Crippen molar-refractivity contribution in [2.24, 2.45) is 0 Å². The van der Waals surface area contributed by atoms with Gasteiger partial charge in [-0.3, -0.25) is 9.13 Å². The third-order valence-electron chi connectivity index (χ3n) is 3.22. The highest BCUT2D eigenvalue weighted by molar-refractivity contribution is 7.32. The molecule has 0 saturated carbocycles. The summed E-state index contributed by atoms with van der Waals surface area (Å²) in [6, 6.07) is 0. The molecule has 1 saturated heterocycles. The number of ether oxygens (including phenoxy) is 1. The maximum atomic E-state index is 10.6. The van der Waals surface area contributed by atoms with Crippen molar-refractivity contribution < 1.29 is 23.8 Å². The Balaban J connectivity index is 1.82. The number of hydrogen-bond donors (Lipinski definition) is 3. The first kappa shape index (κ1) is 14.4. The van der Waals surface area contributed by atoms with Crippen LogP contribution in [0.4, 0.5) is 5.82 Å². The van der Waals surface area contributed by atoms with Gasteiger partial charge in [0, 0.05) is 6.42 Å². The highest BCUT2D eigenvalue weighted by Crippen LogP contribution is 2.32. The molecule has 1 aliphatic heterocycles. The molecule has 10 nitrogen and oxygen atoms in total. The molecule has 0 spiro atoms. The van der Waals surface area contributed by atoms with Gasteiger partial charge in [-0.1, -0.05) is 0 Å². The van der Waals surface area contributed by atoms with E-state index in [1.165, 1.54) is 12.7 Å². The molecule has 4 N–H and O–H groups in total. The Morgan fingerprint density at radius 2 is 2.33 bits per heavy atom. The van der Waals surface area contributed by atoms with Gasteiger partial charge < -0.3 is 25.0 Å². The van der Waals surface area contributed by atoms with Gasteiger partial charge in [0.05, 0.1) is 19.0 Å². The number of aromatic nitrogens is 4. The second-order valence-corrected chi connectivity index (χ2v) is 5.43. The maximum absolute atomic E-state index is 10.6. The molecule has 21 heavy (non-hydrogen) atoms. The Morgan fingerprint density at radius 3 is 3.10 bits per heavy atom. The van der Waals surface area contributed by atoms with Crippen LogP contribution in [0.1, 0.15) is 12.6 Å². The minimum absolute atomic E-state index is 0.0639. The first-order valence-corrected chi connectivity index (χ1v) is 7.45. The second-order valence-electron chi connectivity index (χ2n) is 4.61. The fourth-order valence-corrected chi connectivity index (χ4v) is 2.64. The Kier molecular flexibility index (Phi) is 3.87. The van der Waals surface area contributed by atoms with E-state index in [0.717, 1.165) is 0 Å². The van der Waals surface area contributed by atoms with Crippen LogP contribution in [0.5, 0.6) is 0 Å². The van der Waals surface area contributed by atoms with Crippen molar-refractivity contribution in [1.29, 1.82) is 0 Å². The average Bonchev–Trinajstić information content (AvgIpc) is 3.01. The van der Waals surface area contributed by atoms with Crippen molar-refractivity contribution >= 4 is 25.2 Å². The zero-order chi connectivity index (χ0) is 15.0. The maximum Gasteiger partial charge on any atom is 0.316 e. The predicted molar refractivity (Wildman–Crippen MR) is 71.4 cm³/mol. The molecular formula is C10H14N5O5P. The van der Waals surface area contributed by atoms with Crippen LogP contribution in [0.25, 0.3) is 11.2 Å². The van der Waals surface area contributed by atoms with E-state index < -0.39 is 26.7 Å². The molecule has 2 aromatic rings. The SMILES string of the molecule is Nc1ncnc2c1ncn2[C@@H]1O[C@H](CO[PH](=O)O)C[C@H]1O. The lowest BCUT2D eigenvalue weighted by Crippen LogP contribution is -2.19. The summed E-state index contributed by atoms with van der Waals surface area (Å²) in [5.74, 6) is 0.241. The van der Waals surface area contributed by atoms with Crippen LogP contribution in [-0.2, 0) is 13.8 Å². The first-order chi connectivity index (χ1) is 10.1. The molecule has 4 atom stereocenters. The van der Waals surface area contributed by atoms with Crippen LogP contribution < -0.4 is 5.73 Å². The van der Waals surface area contributed by atoms with Gasteiger partial charge in [-0.15, -0.1) is 0 Å². The van der Waals surface area contributed by atoms with Gasteiger partial charge in [-0.2, -0.15) is 0 Å². The minimum atomic E-state index is -3.02. The summed E-state index contributed by atoms with van der Waals surface area (Å²) in [5.41, 5.74) is 6.57. The zero-order valence-electron chi connectivity index (χ0n) is 10.8. The summed E-state index contributed by atoms with van der Waals surface area (Å²) < 4.78 is 22.4. The minimum Gasteiger partial charge on any atom is -0.388 e. The molecule has 1 fully saturated rings. The number of nitrogens with zero attached hydrogens (tertiary/aromatic N) is 4. The number of nitrogen functional groups attached to an aromatic ring is 1. The number of fused-ring (bicyclic) bond motifs is 1. The highest BCUT2D eigenvalue weighted by Gasteiger charge is 2.36. The van der Waals surface area contributed by atoms with Crippen LogP contribution >= 0.6 is 8.25 Å². The van der Waals surface area contributed by atoms with Crippen LogP contribution in [0, 0.1) is 0 Å². The van der Waals surface area contributed by atoms with Crippen LogP contribution in [0.3, 0.4) is 0 Å². The normalized spacial score (nSPS) is 27.2. The van der Waals surface area contributed by atoms with Gasteiger partial charge in [0.15, 0.2) is 17.7 Å². The zero-order valence-corrected chi connectivity index (χ0v) is 11.8. The fourth-order valence-electron chi connectivity index (χ4n) is 2.31. The van der Waals surface area contributed by atoms with Crippen molar-refractivity contribution in [3.63, 3.8) is 0 Å². The van der Waals surface area contributed by atoms with Crippen molar-refractivity contribution in [3.8, 4) is 0 Å². The number of rotatable bonds is 4. The van der Waals surface area contributed by atoms with E-state index in [2.05, 4.69) is 19.5 Å². The van der Waals surface area contributed by atoms with Crippen molar-refractivity contribution in [2.45, 2.75) is 24.9 Å². The van der Waals surface area contributed by atoms with Gasteiger partial charge in [-0.25, -0.2) is 15.0 Å². The lowest BCUT2D eigenvalue weighted by atomic mass is 10.2. The van der Waals surface area contributed by atoms with Crippen molar-refractivity contribution in [3.05, 3.63) is 12.7 Å². The molecule has 114 valence electrons. The molecule has 1 aliphatic rings. The molecule has 0 aromatic carbocycles. The number of aliphatic hydroxyl groups is 1. The van der Waals surface area contributed by atoms with Crippen molar-refractivity contribution in [1.82, 2.24) is 19.5 Å². The van der Waals surface area contributed by atoms with E-state index in [9.17, 15) is 9.67 Å². The molecule has 0 aliphatic carbocycles. The smallest absolute Gasteiger partial charge is 0.316 e. The summed E-state index contributed by atoms with van der Waals surface area (Å²) >= 11 is 0. The Morgan fingerprint density at radius 1 is 1.52 bits per heavy atom. The summed E-state index contributed by atoms with van der Waals surface area (Å²) in [6.45, 7) is -0.0639. The van der Waals surface area contributed by atoms with E-state index >= 15 is 0 Å². The first-order valence-electron chi connectivity index (χ1n) is 6.18. The molecule has 3 rings (SSSR count). The average molecular weight is 315 g/mol. The lowest BCUT2D eigenvalue weighted by Gasteiger charge is -2.16. The largest absolute Gasteiger partial charge is 0.388 e. The number of aliphatic hydroxyl groups excluding tert-OH is 1. The number of imidazole rings is 1. The van der Waals surface area contributed by atoms with Crippen LogP contribution in [0.15, 0.2) is 12.7 Å². The third-order valence-corrected chi connectivity index (χ3v) is 3.63. The van der Waals surface area contributed by atoms with Crippen molar-refractivity contribution in [2.75, 3.05) is 12.3 Å². The number of anilines is 1. The molecule has 0 bridgehead atoms. The molecule has 11 heteroatoms. The highest BCUT2D eigenvalue weighted by atomic mass is 31.1. The molecule has 3 heterocycles. The summed E-state index contributed by atoms with van der Waals surface area (Å²) in [6.07, 6.45) is 1.03. The molecule has 2 aromatic heterocycles. The summed E-state index contributed by atoms with van der Waals surface area (Å²) in [4.78, 5) is 20.7. The summed E-state index contributed by atoms with van der Waals surface area (Å²) in [7, 11) is -3.02. The van der Waals surface area contributed by atoms with E-state index in [1.54, 1.807) is 4.57 Å². The van der Waals surface area contributed by atoms with E-state index in [0.29, 0.717) is 11.2 Å². The van der Waals surface area contributed by atoms with Gasteiger partial charge >= 0.3 is 8.25 Å². The van der Waals surface area contributed by atoms with Crippen LogP contribution in [-0.4, -0.2) is 48.3 Å². The number of hydrogen-bond acceptors (Lipinski definition) is 8. The quantitative estimate of drug-likeness (QED) is 0.633. The number of nitrogens with two attached hydrogens (primary N) is 1. The molecule has 0 amide bonds. The van der Waals surface area contributed by atoms with E-state index in [-0.39, 0.29) is 18.8 Å². The third kappa shape index (κ3) is 2.76. The molecule has 1 unspecified atom stereocenters. The fraction of sp³-hybridized carbons (Fsp3) is 0.500. The Labute approximate surface area is 119 Å². The van der Waals surface area contributed by atoms with Gasteiger partial charge in [-0.05, 0) is 0 Å². The molecular weight excluding hydrogens is 301 g/mol. The van der Waals surface area contributed by atoms with Gasteiger partial charge in [0.25, 0.3) is 0 Å². The van der Waals surface area contributed by atoms with Gasteiger partial charge in [0.2, 0.25) is 0 Å². The topological polar surface area (TPSA) is 146 Å². The van der Waals surface area contributed by atoms with E-state index in [4.69, 9.17) is 15.4 Å².